The summed E-state index contributed by atoms with van der Waals surface area (Å²) in [4.78, 5) is 18.0. The molecule has 30 heavy (non-hydrogen) atoms. The number of anilines is 1. The number of benzene rings is 2. The van der Waals surface area contributed by atoms with E-state index in [1.807, 2.05) is 18.2 Å². The van der Waals surface area contributed by atoms with E-state index in [1.165, 1.54) is 43.0 Å². The van der Waals surface area contributed by atoms with Gasteiger partial charge in [-0.25, -0.2) is 4.98 Å². The molecule has 4 rings (SSSR count). The average Bonchev–Trinajstić information content (AvgIpc) is 3.42. The van der Waals surface area contributed by atoms with Gasteiger partial charge in [-0.15, -0.1) is 0 Å². The molecule has 1 amide bonds. The van der Waals surface area contributed by atoms with Gasteiger partial charge in [-0.2, -0.15) is 10.1 Å². The molecule has 7 nitrogen and oxygen atoms in total. The summed E-state index contributed by atoms with van der Waals surface area (Å²) in [6, 6.07) is 14.2. The van der Waals surface area contributed by atoms with Crippen molar-refractivity contribution in [3.8, 4) is 11.5 Å². The van der Waals surface area contributed by atoms with E-state index in [9.17, 15) is 4.79 Å². The predicted molar refractivity (Wildman–Crippen MR) is 120 cm³/mol. The van der Waals surface area contributed by atoms with Crippen LogP contribution in [0.2, 0.25) is 0 Å². The molecule has 2 heterocycles. The Bertz CT molecular complexity index is 1200. The number of hydrazone groups is 1. The van der Waals surface area contributed by atoms with Crippen LogP contribution in [0.15, 0.2) is 68.8 Å². The fraction of sp³-hybridized carbons (Fsp3) is 0.0952. The summed E-state index contributed by atoms with van der Waals surface area (Å²) in [5.41, 5.74) is 1.12. The number of methoxy groups -OCH3 is 2. The fourth-order valence-corrected chi connectivity index (χ4v) is 4.17. The van der Waals surface area contributed by atoms with E-state index in [4.69, 9.17) is 13.9 Å². The van der Waals surface area contributed by atoms with Crippen molar-refractivity contribution in [1.82, 2.24) is 4.98 Å². The molecule has 4 aromatic rings. The molecular formula is C21H16BrN3O4S. The number of carbonyl (C=O) groups excluding carboxylic acids is 1. The van der Waals surface area contributed by atoms with Crippen molar-refractivity contribution < 1.29 is 18.7 Å². The molecule has 9 heteroatoms. The molecule has 0 bridgehead atoms. The average molecular weight is 486 g/mol. The number of hydrogen-bond acceptors (Lipinski definition) is 7. The van der Waals surface area contributed by atoms with E-state index < -0.39 is 0 Å². The second-order valence-electron chi connectivity index (χ2n) is 6.09. The Morgan fingerprint density at radius 3 is 2.60 bits per heavy atom. The molecule has 0 atom stereocenters. The van der Waals surface area contributed by atoms with Crippen molar-refractivity contribution in [2.24, 2.45) is 5.10 Å². The summed E-state index contributed by atoms with van der Waals surface area (Å²) in [7, 11) is 3.06. The summed E-state index contributed by atoms with van der Waals surface area (Å²) in [5, 5.41) is 6.03. The summed E-state index contributed by atoms with van der Waals surface area (Å²) in [6.45, 7) is 0. The van der Waals surface area contributed by atoms with Crippen LogP contribution in [0.1, 0.15) is 16.1 Å². The third-order valence-corrected chi connectivity index (χ3v) is 5.64. The molecule has 0 saturated heterocycles. The van der Waals surface area contributed by atoms with Crippen molar-refractivity contribution in [1.29, 1.82) is 0 Å². The number of carbonyl (C=O) groups is 1. The minimum absolute atomic E-state index is 0.350. The Hall–Kier alpha value is -3.17. The zero-order valence-corrected chi connectivity index (χ0v) is 18.4. The lowest BCUT2D eigenvalue weighted by Crippen LogP contribution is -2.25. The summed E-state index contributed by atoms with van der Waals surface area (Å²) < 4.78 is 17.7. The normalized spacial score (nSPS) is 11.2. The third-order valence-electron chi connectivity index (χ3n) is 4.15. The maximum Gasteiger partial charge on any atom is 0.281 e. The lowest BCUT2D eigenvalue weighted by atomic mass is 10.2. The number of ether oxygens (including phenoxy) is 2. The summed E-state index contributed by atoms with van der Waals surface area (Å²) in [5.74, 6) is 1.13. The zero-order chi connectivity index (χ0) is 21.1. The van der Waals surface area contributed by atoms with Crippen LogP contribution in [0, 0.1) is 0 Å². The maximum absolute atomic E-state index is 13.4. The SMILES string of the molecule is COc1cc(OC)cc(C(=O)N(/N=C/c2ccco2)c2nc3ccc(Br)cc3s2)c1. The molecule has 0 spiro atoms. The van der Waals surface area contributed by atoms with Gasteiger partial charge in [0.1, 0.15) is 17.3 Å². The van der Waals surface area contributed by atoms with E-state index in [-0.39, 0.29) is 5.91 Å². The van der Waals surface area contributed by atoms with Gasteiger partial charge in [0.15, 0.2) is 0 Å². The fourth-order valence-electron chi connectivity index (χ4n) is 2.70. The van der Waals surface area contributed by atoms with Crippen LogP contribution in [0.3, 0.4) is 0 Å². The van der Waals surface area contributed by atoms with Gasteiger partial charge in [0.2, 0.25) is 5.13 Å². The lowest BCUT2D eigenvalue weighted by Gasteiger charge is -2.15. The topological polar surface area (TPSA) is 77.2 Å². The number of rotatable bonds is 6. The van der Waals surface area contributed by atoms with E-state index in [2.05, 4.69) is 26.0 Å². The Balaban J connectivity index is 1.79. The number of halogens is 1. The quantitative estimate of drug-likeness (QED) is 0.271. The van der Waals surface area contributed by atoms with Crippen LogP contribution in [0.4, 0.5) is 5.13 Å². The molecule has 0 saturated carbocycles. The highest BCUT2D eigenvalue weighted by atomic mass is 79.9. The lowest BCUT2D eigenvalue weighted by molar-refractivity contribution is 0.0987. The molecule has 0 radical (unpaired) electrons. The molecule has 0 fully saturated rings. The van der Waals surface area contributed by atoms with Gasteiger partial charge in [-0.05, 0) is 42.5 Å². The van der Waals surface area contributed by atoms with Crippen LogP contribution in [0.5, 0.6) is 11.5 Å². The number of fused-ring (bicyclic) bond motifs is 1. The number of nitrogens with zero attached hydrogens (tertiary/aromatic N) is 3. The Labute approximate surface area is 184 Å². The van der Waals surface area contributed by atoms with E-state index >= 15 is 0 Å². The van der Waals surface area contributed by atoms with Crippen molar-refractivity contribution in [3.05, 3.63) is 70.6 Å². The zero-order valence-electron chi connectivity index (χ0n) is 16.0. The highest BCUT2D eigenvalue weighted by molar-refractivity contribution is 9.10. The predicted octanol–water partition coefficient (Wildman–Crippen LogP) is 5.35. The molecule has 0 aliphatic heterocycles. The van der Waals surface area contributed by atoms with Gasteiger partial charge in [0.05, 0.1) is 36.9 Å². The largest absolute Gasteiger partial charge is 0.497 e. The second kappa shape index (κ2) is 8.68. The van der Waals surface area contributed by atoms with E-state index in [1.54, 1.807) is 30.3 Å². The highest BCUT2D eigenvalue weighted by Gasteiger charge is 2.22. The van der Waals surface area contributed by atoms with Gasteiger partial charge in [-0.3, -0.25) is 4.79 Å². The second-order valence-corrected chi connectivity index (χ2v) is 8.01. The standard InChI is InChI=1S/C21H16BrN3O4S/c1-27-16-8-13(9-17(11-16)28-2)20(26)25(23-12-15-4-3-7-29-15)21-24-18-6-5-14(22)10-19(18)30-21/h3-12H,1-2H3/b23-12+. The maximum atomic E-state index is 13.4. The summed E-state index contributed by atoms with van der Waals surface area (Å²) >= 11 is 4.82. The first kappa shape index (κ1) is 20.1. The molecule has 2 aromatic carbocycles. The first-order valence-corrected chi connectivity index (χ1v) is 10.4. The molecule has 2 aromatic heterocycles. The number of hydrogen-bond donors (Lipinski definition) is 0. The highest BCUT2D eigenvalue weighted by Crippen LogP contribution is 2.33. The van der Waals surface area contributed by atoms with Gasteiger partial charge < -0.3 is 13.9 Å². The molecule has 152 valence electrons. The smallest absolute Gasteiger partial charge is 0.281 e. The Kier molecular flexibility index (Phi) is 5.82. The van der Waals surface area contributed by atoms with Crippen molar-refractivity contribution in [2.45, 2.75) is 0 Å². The Morgan fingerprint density at radius 1 is 1.17 bits per heavy atom. The van der Waals surface area contributed by atoms with Crippen molar-refractivity contribution in [2.75, 3.05) is 19.2 Å². The van der Waals surface area contributed by atoms with Crippen molar-refractivity contribution >= 4 is 54.7 Å². The minimum Gasteiger partial charge on any atom is -0.497 e. The molecule has 0 unspecified atom stereocenters. The van der Waals surface area contributed by atoms with Gasteiger partial charge in [-0.1, -0.05) is 27.3 Å². The monoisotopic (exact) mass is 485 g/mol. The first-order chi connectivity index (χ1) is 14.6. The van der Waals surface area contributed by atoms with Gasteiger partial charge in [0, 0.05) is 16.1 Å². The van der Waals surface area contributed by atoms with Crippen molar-refractivity contribution in [3.63, 3.8) is 0 Å². The van der Waals surface area contributed by atoms with Crippen LogP contribution in [-0.4, -0.2) is 31.3 Å². The summed E-state index contributed by atoms with van der Waals surface area (Å²) in [6.07, 6.45) is 3.01. The van der Waals surface area contributed by atoms with E-state index in [0.29, 0.717) is 28.0 Å². The van der Waals surface area contributed by atoms with Crippen LogP contribution in [0.25, 0.3) is 10.2 Å². The third kappa shape index (κ3) is 4.22. The van der Waals surface area contributed by atoms with E-state index in [0.717, 1.165) is 14.7 Å². The Morgan fingerprint density at radius 2 is 1.93 bits per heavy atom. The van der Waals surface area contributed by atoms with Crippen LogP contribution < -0.4 is 14.5 Å². The minimum atomic E-state index is -0.381. The van der Waals surface area contributed by atoms with Gasteiger partial charge >= 0.3 is 0 Å². The van der Waals surface area contributed by atoms with Crippen LogP contribution >= 0.6 is 27.3 Å². The molecular weight excluding hydrogens is 470 g/mol. The molecule has 0 aliphatic carbocycles. The number of thiazole rings is 1. The number of furan rings is 1. The number of aromatic nitrogens is 1. The molecule has 0 aliphatic rings. The molecule has 0 N–H and O–H groups in total. The van der Waals surface area contributed by atoms with Gasteiger partial charge in [0.25, 0.3) is 5.91 Å². The number of amides is 1. The van der Waals surface area contributed by atoms with Crippen LogP contribution in [-0.2, 0) is 0 Å². The first-order valence-electron chi connectivity index (χ1n) is 8.78.